The molecule has 0 spiro atoms. The molecule has 6 nitrogen and oxygen atoms in total. The van der Waals surface area contributed by atoms with E-state index >= 15 is 0 Å². The molecule has 20 heavy (non-hydrogen) atoms. The van der Waals surface area contributed by atoms with Gasteiger partial charge in [0.05, 0.1) is 6.26 Å². The van der Waals surface area contributed by atoms with Crippen LogP contribution in [0.1, 0.15) is 26.7 Å². The maximum atomic E-state index is 11.4. The highest BCUT2D eigenvalue weighted by molar-refractivity contribution is 5.67. The summed E-state index contributed by atoms with van der Waals surface area (Å²) in [4.78, 5) is 22.3. The van der Waals surface area contributed by atoms with E-state index in [1.165, 1.54) is 14.0 Å². The fourth-order valence-corrected chi connectivity index (χ4v) is 3.04. The number of fused-ring (bicyclic) bond motifs is 1. The van der Waals surface area contributed by atoms with Crippen molar-refractivity contribution in [3.05, 3.63) is 11.8 Å². The second-order valence-corrected chi connectivity index (χ2v) is 5.37. The zero-order valence-electron chi connectivity index (χ0n) is 12.0. The first kappa shape index (κ1) is 14.7. The minimum atomic E-state index is -0.571. The molecule has 0 bridgehead atoms. The van der Waals surface area contributed by atoms with Gasteiger partial charge in [-0.25, -0.2) is 4.79 Å². The topological polar surface area (TPSA) is 73.9 Å². The minimum Gasteiger partial charge on any atom is -0.462 e. The number of amides is 1. The van der Waals surface area contributed by atoms with Crippen LogP contribution in [-0.4, -0.2) is 32.0 Å². The Morgan fingerprint density at radius 1 is 1.45 bits per heavy atom. The van der Waals surface area contributed by atoms with Crippen LogP contribution in [0.5, 0.6) is 0 Å². The zero-order chi connectivity index (χ0) is 14.7. The molecule has 1 fully saturated rings. The lowest BCUT2D eigenvalue weighted by atomic mass is 9.84. The van der Waals surface area contributed by atoms with Gasteiger partial charge in [-0.3, -0.25) is 4.79 Å². The lowest BCUT2D eigenvalue weighted by Crippen LogP contribution is -2.40. The van der Waals surface area contributed by atoms with E-state index in [1.807, 2.05) is 0 Å². The van der Waals surface area contributed by atoms with Gasteiger partial charge < -0.3 is 19.5 Å². The Bertz CT molecular complexity index is 420. The molecule has 0 radical (unpaired) electrons. The summed E-state index contributed by atoms with van der Waals surface area (Å²) in [6, 6.07) is 0. The highest BCUT2D eigenvalue weighted by Crippen LogP contribution is 2.46. The van der Waals surface area contributed by atoms with Crippen LogP contribution >= 0.6 is 0 Å². The van der Waals surface area contributed by atoms with Gasteiger partial charge in [0.15, 0.2) is 0 Å². The largest absolute Gasteiger partial charge is 0.462 e. The van der Waals surface area contributed by atoms with Crippen LogP contribution in [0.3, 0.4) is 0 Å². The molecule has 1 aliphatic heterocycles. The number of nitrogens with one attached hydrogen (secondary N) is 1. The fourth-order valence-electron chi connectivity index (χ4n) is 3.04. The summed E-state index contributed by atoms with van der Waals surface area (Å²) >= 11 is 0. The average Bonchev–Trinajstić information content (AvgIpc) is 2.80. The summed E-state index contributed by atoms with van der Waals surface area (Å²) in [5.74, 6) is 0.448. The Labute approximate surface area is 118 Å². The van der Waals surface area contributed by atoms with E-state index in [4.69, 9.17) is 14.2 Å². The molecule has 112 valence electrons. The van der Waals surface area contributed by atoms with Gasteiger partial charge in [-0.1, -0.05) is 6.92 Å². The predicted molar refractivity (Wildman–Crippen MR) is 70.5 cm³/mol. The average molecular weight is 283 g/mol. The molecule has 4 unspecified atom stereocenters. The van der Waals surface area contributed by atoms with Gasteiger partial charge in [-0.15, -0.1) is 0 Å². The van der Waals surface area contributed by atoms with Crippen molar-refractivity contribution in [3.8, 4) is 0 Å². The number of carbonyl (C=O) groups excluding carboxylic acids is 2. The molecule has 0 aromatic rings. The normalized spacial score (nSPS) is 31.6. The molecule has 1 N–H and O–H groups in total. The first-order valence-electron chi connectivity index (χ1n) is 6.89. The highest BCUT2D eigenvalue weighted by Gasteiger charge is 2.46. The van der Waals surface area contributed by atoms with Crippen LogP contribution in [0.4, 0.5) is 4.79 Å². The van der Waals surface area contributed by atoms with Crippen molar-refractivity contribution in [2.24, 2.45) is 17.8 Å². The van der Waals surface area contributed by atoms with E-state index in [1.54, 1.807) is 6.26 Å². The Balaban J connectivity index is 2.08. The van der Waals surface area contributed by atoms with E-state index in [0.29, 0.717) is 5.92 Å². The fraction of sp³-hybridized carbons (Fsp3) is 0.714. The maximum absolute atomic E-state index is 11.4. The molecule has 6 heteroatoms. The molecule has 0 aromatic carbocycles. The maximum Gasteiger partial charge on any atom is 0.409 e. The van der Waals surface area contributed by atoms with Crippen LogP contribution in [0.2, 0.25) is 0 Å². The number of esters is 1. The number of rotatable bonds is 3. The van der Waals surface area contributed by atoms with Crippen LogP contribution in [0.15, 0.2) is 11.8 Å². The third-order valence-corrected chi connectivity index (χ3v) is 4.07. The molecule has 1 heterocycles. The SMILES string of the molecule is CNC(=O)OC1OC=C(COC(C)=O)C2CCC(C)C12. The first-order chi connectivity index (χ1) is 9.52. The Kier molecular flexibility index (Phi) is 4.52. The molecule has 1 amide bonds. The number of hydrogen-bond donors (Lipinski definition) is 1. The molecule has 4 atom stereocenters. The van der Waals surface area contributed by atoms with E-state index in [9.17, 15) is 9.59 Å². The zero-order valence-corrected chi connectivity index (χ0v) is 12.0. The van der Waals surface area contributed by atoms with E-state index in [-0.39, 0.29) is 24.4 Å². The van der Waals surface area contributed by atoms with Gasteiger partial charge in [0, 0.05) is 25.5 Å². The Hall–Kier alpha value is -1.72. The van der Waals surface area contributed by atoms with E-state index < -0.39 is 12.4 Å². The van der Waals surface area contributed by atoms with Crippen LogP contribution in [0, 0.1) is 17.8 Å². The van der Waals surface area contributed by atoms with Gasteiger partial charge in [-0.2, -0.15) is 0 Å². The van der Waals surface area contributed by atoms with Crippen LogP contribution in [0.25, 0.3) is 0 Å². The summed E-state index contributed by atoms with van der Waals surface area (Å²) in [7, 11) is 1.52. The summed E-state index contributed by atoms with van der Waals surface area (Å²) in [6.07, 6.45) is 2.55. The lowest BCUT2D eigenvalue weighted by molar-refractivity contribution is -0.142. The van der Waals surface area contributed by atoms with Gasteiger partial charge in [0.1, 0.15) is 6.61 Å². The molecular formula is C14H21NO5. The first-order valence-corrected chi connectivity index (χ1v) is 6.89. The lowest BCUT2D eigenvalue weighted by Gasteiger charge is -2.35. The minimum absolute atomic E-state index is 0.114. The van der Waals surface area contributed by atoms with Crippen molar-refractivity contribution in [2.45, 2.75) is 33.0 Å². The van der Waals surface area contributed by atoms with Gasteiger partial charge >= 0.3 is 12.1 Å². The summed E-state index contributed by atoms with van der Waals surface area (Å²) < 4.78 is 15.9. The molecule has 1 saturated carbocycles. The molecular weight excluding hydrogens is 262 g/mol. The third kappa shape index (κ3) is 3.05. The highest BCUT2D eigenvalue weighted by atomic mass is 16.7. The predicted octanol–water partition coefficient (Wildman–Crippen LogP) is 1.81. The summed E-state index contributed by atoms with van der Waals surface area (Å²) in [5, 5.41) is 2.43. The van der Waals surface area contributed by atoms with E-state index in [0.717, 1.165) is 18.4 Å². The standard InChI is InChI=1S/C14H21NO5/c1-8-4-5-11-10(6-18-9(2)16)7-19-13(12(8)11)20-14(17)15-3/h7-8,11-13H,4-6H2,1-3H3,(H,15,17). The molecule has 2 rings (SSSR count). The second-order valence-electron chi connectivity index (χ2n) is 5.37. The Morgan fingerprint density at radius 3 is 2.85 bits per heavy atom. The quantitative estimate of drug-likeness (QED) is 0.800. The van der Waals surface area contributed by atoms with Crippen molar-refractivity contribution in [1.82, 2.24) is 5.32 Å². The third-order valence-electron chi connectivity index (χ3n) is 4.07. The number of alkyl carbamates (subject to hydrolysis) is 1. The molecule has 1 aliphatic carbocycles. The summed E-state index contributed by atoms with van der Waals surface area (Å²) in [6.45, 7) is 3.76. The van der Waals surface area contributed by atoms with Gasteiger partial charge in [-0.05, 0) is 24.7 Å². The monoisotopic (exact) mass is 283 g/mol. The number of hydrogen-bond acceptors (Lipinski definition) is 5. The summed E-state index contributed by atoms with van der Waals surface area (Å²) in [5.41, 5.74) is 0.964. The van der Waals surface area contributed by atoms with Crippen LogP contribution < -0.4 is 5.32 Å². The molecule has 0 aromatic heterocycles. The van der Waals surface area contributed by atoms with Gasteiger partial charge in [0.25, 0.3) is 0 Å². The Morgan fingerprint density at radius 2 is 2.20 bits per heavy atom. The number of carbonyl (C=O) groups is 2. The molecule has 0 saturated heterocycles. The van der Waals surface area contributed by atoms with Gasteiger partial charge in [0.2, 0.25) is 6.29 Å². The second kappa shape index (κ2) is 6.15. The molecule has 2 aliphatic rings. The van der Waals surface area contributed by atoms with Crippen molar-refractivity contribution in [3.63, 3.8) is 0 Å². The van der Waals surface area contributed by atoms with Crippen molar-refractivity contribution < 1.29 is 23.8 Å². The van der Waals surface area contributed by atoms with Crippen molar-refractivity contribution >= 4 is 12.1 Å². The van der Waals surface area contributed by atoms with E-state index in [2.05, 4.69) is 12.2 Å². The van der Waals surface area contributed by atoms with Crippen LogP contribution in [-0.2, 0) is 19.0 Å². The van der Waals surface area contributed by atoms with Crippen molar-refractivity contribution in [1.29, 1.82) is 0 Å². The van der Waals surface area contributed by atoms with Crippen molar-refractivity contribution in [2.75, 3.05) is 13.7 Å². The number of ether oxygens (including phenoxy) is 3. The smallest absolute Gasteiger partial charge is 0.409 e.